The lowest BCUT2D eigenvalue weighted by molar-refractivity contribution is -0.0610. The SMILES string of the molecule is COC[C@@H]1CCCN1/N=C(\C)C(F)(F)F. The highest BCUT2D eigenvalue weighted by molar-refractivity contribution is 5.87. The van der Waals surface area contributed by atoms with Gasteiger partial charge in [0.05, 0.1) is 12.6 Å². The predicted octanol–water partition coefficient (Wildman–Crippen LogP) is 2.04. The maximum absolute atomic E-state index is 12.2. The van der Waals surface area contributed by atoms with Crippen LogP contribution in [0, 0.1) is 0 Å². The third-order valence-corrected chi connectivity index (χ3v) is 2.39. The van der Waals surface area contributed by atoms with E-state index in [1.165, 1.54) is 12.1 Å². The van der Waals surface area contributed by atoms with Gasteiger partial charge in [0.2, 0.25) is 0 Å². The normalized spacial score (nSPS) is 23.7. The molecule has 0 aromatic heterocycles. The summed E-state index contributed by atoms with van der Waals surface area (Å²) in [6, 6.07) is -0.0210. The van der Waals surface area contributed by atoms with Gasteiger partial charge in [0.1, 0.15) is 5.71 Å². The van der Waals surface area contributed by atoms with Crippen molar-refractivity contribution < 1.29 is 17.9 Å². The molecule has 1 fully saturated rings. The van der Waals surface area contributed by atoms with Crippen molar-refractivity contribution in [1.82, 2.24) is 5.01 Å². The first-order chi connectivity index (χ1) is 6.95. The molecular formula is C9H15F3N2O. The molecule has 1 aliphatic heterocycles. The lowest BCUT2D eigenvalue weighted by atomic mass is 10.2. The largest absolute Gasteiger partial charge is 0.430 e. The number of rotatable bonds is 3. The molecule has 0 saturated carbocycles. The average Bonchev–Trinajstić information content (AvgIpc) is 2.52. The summed E-state index contributed by atoms with van der Waals surface area (Å²) >= 11 is 0. The summed E-state index contributed by atoms with van der Waals surface area (Å²) in [6.07, 6.45) is -2.63. The number of nitrogens with zero attached hydrogens (tertiary/aromatic N) is 2. The fraction of sp³-hybridized carbons (Fsp3) is 0.889. The Labute approximate surface area is 86.9 Å². The molecule has 1 heterocycles. The van der Waals surface area contributed by atoms with Crippen molar-refractivity contribution in [3.63, 3.8) is 0 Å². The number of halogens is 3. The first kappa shape index (κ1) is 12.3. The lowest BCUT2D eigenvalue weighted by Crippen LogP contribution is -2.32. The molecule has 88 valence electrons. The quantitative estimate of drug-likeness (QED) is 0.685. The number of hydrazone groups is 1. The van der Waals surface area contributed by atoms with Crippen molar-refractivity contribution in [2.75, 3.05) is 20.3 Å². The first-order valence-corrected chi connectivity index (χ1v) is 4.83. The van der Waals surface area contributed by atoms with Crippen LogP contribution in [-0.2, 0) is 4.74 Å². The zero-order valence-corrected chi connectivity index (χ0v) is 8.84. The van der Waals surface area contributed by atoms with Gasteiger partial charge in [-0.05, 0) is 19.8 Å². The van der Waals surface area contributed by atoms with Crippen molar-refractivity contribution in [2.24, 2.45) is 5.10 Å². The summed E-state index contributed by atoms with van der Waals surface area (Å²) in [5.41, 5.74) is -0.800. The van der Waals surface area contributed by atoms with E-state index >= 15 is 0 Å². The molecule has 0 aromatic rings. The maximum Gasteiger partial charge on any atom is 0.430 e. The molecule has 3 nitrogen and oxygen atoms in total. The number of alkyl halides is 3. The van der Waals surface area contributed by atoms with Crippen LogP contribution in [0.15, 0.2) is 5.10 Å². The Morgan fingerprint density at radius 1 is 1.53 bits per heavy atom. The molecule has 0 unspecified atom stereocenters. The monoisotopic (exact) mass is 224 g/mol. The van der Waals surface area contributed by atoms with Gasteiger partial charge >= 0.3 is 6.18 Å². The Kier molecular flexibility index (Phi) is 3.96. The Hall–Kier alpha value is -0.780. The third kappa shape index (κ3) is 3.37. The van der Waals surface area contributed by atoms with Gasteiger partial charge < -0.3 is 4.74 Å². The molecule has 15 heavy (non-hydrogen) atoms. The Morgan fingerprint density at radius 2 is 2.20 bits per heavy atom. The van der Waals surface area contributed by atoms with Gasteiger partial charge in [-0.15, -0.1) is 0 Å². The van der Waals surface area contributed by atoms with Crippen LogP contribution < -0.4 is 0 Å². The van der Waals surface area contributed by atoms with Crippen molar-refractivity contribution in [3.8, 4) is 0 Å². The highest BCUT2D eigenvalue weighted by Gasteiger charge is 2.34. The van der Waals surface area contributed by atoms with E-state index in [1.807, 2.05) is 0 Å². The number of ether oxygens (including phenoxy) is 1. The number of hydrogen-bond acceptors (Lipinski definition) is 3. The van der Waals surface area contributed by atoms with Gasteiger partial charge in [-0.2, -0.15) is 18.3 Å². The minimum absolute atomic E-state index is 0.0210. The summed E-state index contributed by atoms with van der Waals surface area (Å²) < 4.78 is 41.6. The van der Waals surface area contributed by atoms with E-state index in [9.17, 15) is 13.2 Å². The van der Waals surface area contributed by atoms with Gasteiger partial charge in [0.25, 0.3) is 0 Å². The average molecular weight is 224 g/mol. The fourth-order valence-corrected chi connectivity index (χ4v) is 1.56. The first-order valence-electron chi connectivity index (χ1n) is 4.83. The second kappa shape index (κ2) is 4.83. The molecule has 0 aliphatic carbocycles. The van der Waals surface area contributed by atoms with Crippen LogP contribution in [0.3, 0.4) is 0 Å². The third-order valence-electron chi connectivity index (χ3n) is 2.39. The van der Waals surface area contributed by atoms with Crippen LogP contribution in [0.4, 0.5) is 13.2 Å². The smallest absolute Gasteiger partial charge is 0.382 e. The number of methoxy groups -OCH3 is 1. The molecule has 1 atom stereocenters. The van der Waals surface area contributed by atoms with E-state index in [2.05, 4.69) is 5.10 Å². The van der Waals surface area contributed by atoms with Gasteiger partial charge in [0.15, 0.2) is 0 Å². The second-order valence-corrected chi connectivity index (χ2v) is 3.60. The summed E-state index contributed by atoms with van der Waals surface area (Å²) in [5, 5.41) is 5.07. The molecule has 0 N–H and O–H groups in total. The molecule has 0 spiro atoms. The molecule has 0 bridgehead atoms. The topological polar surface area (TPSA) is 24.8 Å². The molecule has 1 aliphatic rings. The van der Waals surface area contributed by atoms with E-state index in [0.29, 0.717) is 13.2 Å². The molecule has 6 heteroatoms. The van der Waals surface area contributed by atoms with Crippen LogP contribution in [-0.4, -0.2) is 43.2 Å². The van der Waals surface area contributed by atoms with Gasteiger partial charge in [-0.3, -0.25) is 5.01 Å². The van der Waals surface area contributed by atoms with Crippen LogP contribution in [0.5, 0.6) is 0 Å². The van der Waals surface area contributed by atoms with E-state index in [0.717, 1.165) is 19.8 Å². The number of hydrogen-bond donors (Lipinski definition) is 0. The van der Waals surface area contributed by atoms with Crippen molar-refractivity contribution >= 4 is 5.71 Å². The summed E-state index contributed by atoms with van der Waals surface area (Å²) in [5.74, 6) is 0. The minimum Gasteiger partial charge on any atom is -0.382 e. The van der Waals surface area contributed by atoms with Crippen LogP contribution >= 0.6 is 0 Å². The summed E-state index contributed by atoms with van der Waals surface area (Å²) in [7, 11) is 1.54. The Balaban J connectivity index is 2.63. The molecule has 0 radical (unpaired) electrons. The van der Waals surface area contributed by atoms with Gasteiger partial charge in [0, 0.05) is 13.7 Å². The van der Waals surface area contributed by atoms with Crippen LogP contribution in [0.2, 0.25) is 0 Å². The van der Waals surface area contributed by atoms with Crippen LogP contribution in [0.25, 0.3) is 0 Å². The van der Waals surface area contributed by atoms with Gasteiger partial charge in [-0.25, -0.2) is 0 Å². The summed E-state index contributed by atoms with van der Waals surface area (Å²) in [6.45, 7) is 1.98. The maximum atomic E-state index is 12.2. The van der Waals surface area contributed by atoms with E-state index in [-0.39, 0.29) is 6.04 Å². The van der Waals surface area contributed by atoms with Crippen molar-refractivity contribution in [2.45, 2.75) is 32.0 Å². The lowest BCUT2D eigenvalue weighted by Gasteiger charge is -2.22. The standard InChI is InChI=1S/C9H15F3N2O/c1-7(9(10,11)12)13-14-5-3-4-8(14)6-15-2/h8H,3-6H2,1-2H3/b13-7+/t8-/m0/s1. The fourth-order valence-electron chi connectivity index (χ4n) is 1.56. The highest BCUT2D eigenvalue weighted by Crippen LogP contribution is 2.22. The van der Waals surface area contributed by atoms with E-state index in [1.54, 1.807) is 0 Å². The zero-order valence-electron chi connectivity index (χ0n) is 8.84. The highest BCUT2D eigenvalue weighted by atomic mass is 19.4. The second-order valence-electron chi connectivity index (χ2n) is 3.60. The van der Waals surface area contributed by atoms with Crippen molar-refractivity contribution in [1.29, 1.82) is 0 Å². The zero-order chi connectivity index (χ0) is 11.5. The molecule has 0 aromatic carbocycles. The summed E-state index contributed by atoms with van der Waals surface area (Å²) in [4.78, 5) is 0. The van der Waals surface area contributed by atoms with Crippen molar-refractivity contribution in [3.05, 3.63) is 0 Å². The molecule has 0 amide bonds. The minimum atomic E-state index is -4.33. The Morgan fingerprint density at radius 3 is 2.73 bits per heavy atom. The molecule has 1 saturated heterocycles. The molecular weight excluding hydrogens is 209 g/mol. The van der Waals surface area contributed by atoms with Gasteiger partial charge in [-0.1, -0.05) is 0 Å². The van der Waals surface area contributed by atoms with E-state index < -0.39 is 11.9 Å². The Bertz CT molecular complexity index is 240. The molecule has 1 rings (SSSR count). The predicted molar refractivity (Wildman–Crippen MR) is 50.8 cm³/mol. The van der Waals surface area contributed by atoms with Crippen LogP contribution in [0.1, 0.15) is 19.8 Å². The van der Waals surface area contributed by atoms with E-state index in [4.69, 9.17) is 4.74 Å².